The minimum atomic E-state index is 0.832. The monoisotopic (exact) mass is 265 g/mol. The minimum Gasteiger partial charge on any atom is -0.313 e. The van der Waals surface area contributed by atoms with Crippen LogP contribution in [-0.2, 0) is 6.54 Å². The van der Waals surface area contributed by atoms with Gasteiger partial charge in [0.25, 0.3) is 0 Å². The topological polar surface area (TPSA) is 12.0 Å². The first kappa shape index (κ1) is 12.6. The van der Waals surface area contributed by atoms with E-state index in [1.54, 1.807) is 11.3 Å². The molecule has 90 valence electrons. The van der Waals surface area contributed by atoms with Crippen molar-refractivity contribution in [2.75, 3.05) is 6.54 Å². The Morgan fingerprint density at radius 1 is 1.29 bits per heavy atom. The van der Waals surface area contributed by atoms with E-state index >= 15 is 0 Å². The molecule has 0 amide bonds. The molecule has 17 heavy (non-hydrogen) atoms. The lowest BCUT2D eigenvalue weighted by molar-refractivity contribution is 0.727. The van der Waals surface area contributed by atoms with Gasteiger partial charge in [0, 0.05) is 16.4 Å². The van der Waals surface area contributed by atoms with Crippen molar-refractivity contribution in [1.82, 2.24) is 5.32 Å². The highest BCUT2D eigenvalue weighted by molar-refractivity contribution is 7.13. The van der Waals surface area contributed by atoms with Crippen molar-refractivity contribution in [1.29, 1.82) is 0 Å². The molecule has 2 aromatic rings. The average molecular weight is 266 g/mol. The summed E-state index contributed by atoms with van der Waals surface area (Å²) in [4.78, 5) is 1.31. The maximum Gasteiger partial charge on any atom is 0.0457 e. The number of rotatable bonds is 4. The van der Waals surface area contributed by atoms with Gasteiger partial charge in [-0.3, -0.25) is 0 Å². The fourth-order valence-electron chi connectivity index (χ4n) is 1.76. The summed E-state index contributed by atoms with van der Waals surface area (Å²) < 4.78 is 0. The Hall–Kier alpha value is -0.830. The minimum absolute atomic E-state index is 0.832. The molecule has 0 aliphatic heterocycles. The Morgan fingerprint density at radius 2 is 2.12 bits per heavy atom. The van der Waals surface area contributed by atoms with Gasteiger partial charge < -0.3 is 5.32 Å². The van der Waals surface area contributed by atoms with E-state index in [2.05, 4.69) is 48.8 Å². The van der Waals surface area contributed by atoms with Crippen LogP contribution in [0, 0.1) is 6.92 Å². The van der Waals surface area contributed by atoms with Crippen molar-refractivity contribution < 1.29 is 0 Å². The Bertz CT molecular complexity index is 505. The molecule has 1 aromatic carbocycles. The number of thiophene rings is 1. The lowest BCUT2D eigenvalue weighted by Crippen LogP contribution is -2.11. The number of halogens is 1. The van der Waals surface area contributed by atoms with Crippen LogP contribution in [0.2, 0.25) is 5.02 Å². The zero-order valence-electron chi connectivity index (χ0n) is 10.1. The molecular weight excluding hydrogens is 250 g/mol. The molecule has 2 rings (SSSR count). The second-order valence-electron chi connectivity index (χ2n) is 4.02. The van der Waals surface area contributed by atoms with E-state index in [-0.39, 0.29) is 0 Å². The fourth-order valence-corrected chi connectivity index (χ4v) is 2.93. The Kier molecular flexibility index (Phi) is 4.21. The van der Waals surface area contributed by atoms with E-state index in [0.717, 1.165) is 23.7 Å². The number of aryl methyl sites for hydroxylation is 1. The van der Waals surface area contributed by atoms with Crippen LogP contribution in [0.5, 0.6) is 0 Å². The molecule has 1 heterocycles. The molecule has 3 heteroatoms. The van der Waals surface area contributed by atoms with Crippen LogP contribution < -0.4 is 5.32 Å². The summed E-state index contributed by atoms with van der Waals surface area (Å²) in [5.41, 5.74) is 3.68. The van der Waals surface area contributed by atoms with Gasteiger partial charge in [0.05, 0.1) is 0 Å². The summed E-state index contributed by atoms with van der Waals surface area (Å²) in [6.07, 6.45) is 0. The third-order valence-electron chi connectivity index (χ3n) is 2.74. The number of hydrogen-bond acceptors (Lipinski definition) is 2. The van der Waals surface area contributed by atoms with E-state index in [4.69, 9.17) is 11.6 Å². The van der Waals surface area contributed by atoms with E-state index in [1.807, 2.05) is 0 Å². The summed E-state index contributed by atoms with van der Waals surface area (Å²) in [5, 5.41) is 6.25. The Balaban J connectivity index is 2.28. The first-order chi connectivity index (χ1) is 8.22. The molecule has 1 nitrogen and oxygen atoms in total. The summed E-state index contributed by atoms with van der Waals surface area (Å²) in [5.74, 6) is 0. The number of nitrogens with one attached hydrogen (secondary N) is 1. The lowest BCUT2D eigenvalue weighted by atomic mass is 10.1. The largest absolute Gasteiger partial charge is 0.313 e. The molecule has 1 aromatic heterocycles. The van der Waals surface area contributed by atoms with Crippen LogP contribution in [0.1, 0.15) is 18.1 Å². The third-order valence-corrected chi connectivity index (χ3v) is 4.16. The first-order valence-electron chi connectivity index (χ1n) is 5.76. The van der Waals surface area contributed by atoms with Gasteiger partial charge in [-0.1, -0.05) is 30.7 Å². The van der Waals surface area contributed by atoms with Crippen molar-refractivity contribution in [2.45, 2.75) is 20.4 Å². The lowest BCUT2D eigenvalue weighted by Gasteiger charge is -2.07. The SMILES string of the molecule is CCNCc1ccc(-c2sccc2C)cc1Cl. The van der Waals surface area contributed by atoms with Gasteiger partial charge in [-0.15, -0.1) is 11.3 Å². The van der Waals surface area contributed by atoms with Gasteiger partial charge in [-0.05, 0) is 47.7 Å². The van der Waals surface area contributed by atoms with Gasteiger partial charge in [0.15, 0.2) is 0 Å². The van der Waals surface area contributed by atoms with Gasteiger partial charge in [0.2, 0.25) is 0 Å². The smallest absolute Gasteiger partial charge is 0.0457 e. The number of benzene rings is 1. The first-order valence-corrected chi connectivity index (χ1v) is 7.01. The van der Waals surface area contributed by atoms with E-state index in [0.29, 0.717) is 0 Å². The summed E-state index contributed by atoms with van der Waals surface area (Å²) in [6.45, 7) is 6.02. The van der Waals surface area contributed by atoms with Gasteiger partial charge >= 0.3 is 0 Å². The molecule has 1 N–H and O–H groups in total. The van der Waals surface area contributed by atoms with E-state index < -0.39 is 0 Å². The van der Waals surface area contributed by atoms with E-state index in [9.17, 15) is 0 Å². The van der Waals surface area contributed by atoms with E-state index in [1.165, 1.54) is 16.0 Å². The zero-order chi connectivity index (χ0) is 12.3. The second kappa shape index (κ2) is 5.67. The van der Waals surface area contributed by atoms with Crippen LogP contribution in [-0.4, -0.2) is 6.54 Å². The van der Waals surface area contributed by atoms with Gasteiger partial charge in [-0.25, -0.2) is 0 Å². The molecule has 0 aliphatic carbocycles. The highest BCUT2D eigenvalue weighted by Gasteiger charge is 2.06. The zero-order valence-corrected chi connectivity index (χ0v) is 11.7. The Morgan fingerprint density at radius 3 is 2.71 bits per heavy atom. The van der Waals surface area contributed by atoms with Crippen LogP contribution in [0.25, 0.3) is 10.4 Å². The summed E-state index contributed by atoms with van der Waals surface area (Å²) >= 11 is 8.06. The predicted octanol–water partition coefficient (Wildman–Crippen LogP) is 4.49. The molecule has 0 atom stereocenters. The fraction of sp³-hybridized carbons (Fsp3) is 0.286. The molecular formula is C14H16ClNS. The molecule has 0 unspecified atom stereocenters. The van der Waals surface area contributed by atoms with Crippen molar-refractivity contribution in [3.05, 3.63) is 45.8 Å². The van der Waals surface area contributed by atoms with Crippen LogP contribution in [0.4, 0.5) is 0 Å². The van der Waals surface area contributed by atoms with Crippen molar-refractivity contribution in [3.63, 3.8) is 0 Å². The molecule has 0 saturated carbocycles. The van der Waals surface area contributed by atoms with Crippen LogP contribution in [0.15, 0.2) is 29.6 Å². The normalized spacial score (nSPS) is 10.8. The maximum absolute atomic E-state index is 6.30. The van der Waals surface area contributed by atoms with Gasteiger partial charge in [0.1, 0.15) is 0 Å². The molecule has 0 saturated heterocycles. The van der Waals surface area contributed by atoms with Crippen molar-refractivity contribution in [3.8, 4) is 10.4 Å². The van der Waals surface area contributed by atoms with Crippen LogP contribution in [0.3, 0.4) is 0 Å². The summed E-state index contributed by atoms with van der Waals surface area (Å²) in [6, 6.07) is 8.46. The molecule has 0 radical (unpaired) electrons. The van der Waals surface area contributed by atoms with Crippen LogP contribution >= 0.6 is 22.9 Å². The molecule has 0 aliphatic rings. The van der Waals surface area contributed by atoms with Crippen molar-refractivity contribution >= 4 is 22.9 Å². The third kappa shape index (κ3) is 2.89. The predicted molar refractivity (Wildman–Crippen MR) is 76.9 cm³/mol. The highest BCUT2D eigenvalue weighted by Crippen LogP contribution is 2.31. The highest BCUT2D eigenvalue weighted by atomic mass is 35.5. The maximum atomic E-state index is 6.30. The average Bonchev–Trinajstić information content (AvgIpc) is 2.74. The Labute approximate surface area is 111 Å². The standard InChI is InChI=1S/C14H16ClNS/c1-3-16-9-12-5-4-11(8-13(12)15)14-10(2)6-7-17-14/h4-8,16H,3,9H2,1-2H3. The summed E-state index contributed by atoms with van der Waals surface area (Å²) in [7, 11) is 0. The molecule has 0 bridgehead atoms. The molecule has 0 fully saturated rings. The second-order valence-corrected chi connectivity index (χ2v) is 5.34. The number of hydrogen-bond donors (Lipinski definition) is 1. The molecule has 0 spiro atoms. The van der Waals surface area contributed by atoms with Gasteiger partial charge in [-0.2, -0.15) is 0 Å². The quantitative estimate of drug-likeness (QED) is 0.859. The van der Waals surface area contributed by atoms with Crippen molar-refractivity contribution in [2.24, 2.45) is 0 Å².